The number of nitrogens with zero attached hydrogens (tertiary/aromatic N) is 4. The second-order valence-electron chi connectivity index (χ2n) is 4.24. The van der Waals surface area contributed by atoms with Crippen molar-refractivity contribution in [2.75, 3.05) is 23.8 Å². The molecule has 19 heavy (non-hydrogen) atoms. The lowest BCUT2D eigenvalue weighted by atomic mass is 10.2. The van der Waals surface area contributed by atoms with Crippen LogP contribution in [0, 0.1) is 0 Å². The van der Waals surface area contributed by atoms with Gasteiger partial charge in [-0.05, 0) is 6.92 Å². The number of nitrogens with two attached hydrogens (primary N) is 1. The van der Waals surface area contributed by atoms with Crippen LogP contribution in [-0.2, 0) is 13.0 Å². The molecule has 1 aliphatic rings. The molecule has 3 rings (SSSR count). The predicted molar refractivity (Wildman–Crippen MR) is 74.5 cm³/mol. The number of hydrogen-bond donors (Lipinski definition) is 1. The molecule has 0 radical (unpaired) electrons. The van der Waals surface area contributed by atoms with Crippen molar-refractivity contribution in [3.05, 3.63) is 23.0 Å². The van der Waals surface area contributed by atoms with E-state index in [9.17, 15) is 0 Å². The Morgan fingerprint density at radius 3 is 3.21 bits per heavy atom. The number of aromatic nitrogens is 3. The van der Waals surface area contributed by atoms with E-state index in [1.165, 1.54) is 11.2 Å². The zero-order chi connectivity index (χ0) is 13.2. The van der Waals surface area contributed by atoms with Gasteiger partial charge in [-0.1, -0.05) is 0 Å². The van der Waals surface area contributed by atoms with E-state index in [4.69, 9.17) is 10.5 Å². The number of fused-ring (bicyclic) bond motifs is 1. The lowest BCUT2D eigenvalue weighted by Crippen LogP contribution is -2.30. The van der Waals surface area contributed by atoms with Gasteiger partial charge in [-0.25, -0.2) is 15.0 Å². The fourth-order valence-corrected chi connectivity index (χ4v) is 3.03. The third kappa shape index (κ3) is 2.46. The molecule has 2 aromatic heterocycles. The highest BCUT2D eigenvalue weighted by Crippen LogP contribution is 2.29. The van der Waals surface area contributed by atoms with Gasteiger partial charge in [0.15, 0.2) is 5.13 Å². The highest BCUT2D eigenvalue weighted by Gasteiger charge is 2.21. The Bertz CT molecular complexity index is 585. The molecule has 1 aliphatic heterocycles. The molecule has 0 amide bonds. The first-order chi connectivity index (χ1) is 9.26. The van der Waals surface area contributed by atoms with Gasteiger partial charge in [0.05, 0.1) is 18.8 Å². The Morgan fingerprint density at radius 2 is 2.37 bits per heavy atom. The van der Waals surface area contributed by atoms with E-state index in [2.05, 4.69) is 19.9 Å². The monoisotopic (exact) mass is 277 g/mol. The molecule has 0 unspecified atom stereocenters. The van der Waals surface area contributed by atoms with Crippen molar-refractivity contribution >= 4 is 22.3 Å². The fourth-order valence-electron chi connectivity index (χ4n) is 2.14. The average Bonchev–Trinajstić information content (AvgIpc) is 2.78. The summed E-state index contributed by atoms with van der Waals surface area (Å²) >= 11 is 1.55. The molecule has 0 saturated heterocycles. The SMILES string of the molecule is CCOc1cc(N2CCc3nc(N)sc3C2)ncn1. The van der Waals surface area contributed by atoms with Crippen molar-refractivity contribution in [1.82, 2.24) is 15.0 Å². The predicted octanol–water partition coefficient (Wildman–Crippen LogP) is 1.48. The third-order valence-corrected chi connectivity index (χ3v) is 3.90. The third-order valence-electron chi connectivity index (χ3n) is 2.99. The molecule has 0 saturated carbocycles. The Hall–Kier alpha value is -1.89. The average molecular weight is 277 g/mol. The second-order valence-corrected chi connectivity index (χ2v) is 5.36. The van der Waals surface area contributed by atoms with E-state index < -0.39 is 0 Å². The minimum absolute atomic E-state index is 0.603. The summed E-state index contributed by atoms with van der Waals surface area (Å²) < 4.78 is 5.40. The van der Waals surface area contributed by atoms with Crippen LogP contribution >= 0.6 is 11.3 Å². The van der Waals surface area contributed by atoms with Crippen LogP contribution in [0.5, 0.6) is 5.88 Å². The summed E-state index contributed by atoms with van der Waals surface area (Å²) in [5.41, 5.74) is 6.87. The van der Waals surface area contributed by atoms with Gasteiger partial charge in [-0.2, -0.15) is 0 Å². The van der Waals surface area contributed by atoms with Crippen LogP contribution in [-0.4, -0.2) is 28.1 Å². The molecule has 2 aromatic rings. The zero-order valence-electron chi connectivity index (χ0n) is 10.7. The smallest absolute Gasteiger partial charge is 0.218 e. The number of ether oxygens (including phenoxy) is 1. The van der Waals surface area contributed by atoms with Gasteiger partial charge in [-0.15, -0.1) is 11.3 Å². The molecule has 0 bridgehead atoms. The van der Waals surface area contributed by atoms with Gasteiger partial charge < -0.3 is 15.4 Å². The molecule has 0 fully saturated rings. The van der Waals surface area contributed by atoms with Crippen molar-refractivity contribution in [1.29, 1.82) is 0 Å². The maximum Gasteiger partial charge on any atom is 0.218 e. The van der Waals surface area contributed by atoms with Gasteiger partial charge in [0.25, 0.3) is 0 Å². The number of nitrogen functional groups attached to an aromatic ring is 1. The van der Waals surface area contributed by atoms with E-state index in [0.29, 0.717) is 17.6 Å². The Labute approximate surface area is 115 Å². The maximum absolute atomic E-state index is 5.75. The van der Waals surface area contributed by atoms with Crippen molar-refractivity contribution < 1.29 is 4.74 Å². The van der Waals surface area contributed by atoms with Crippen molar-refractivity contribution in [2.45, 2.75) is 19.9 Å². The van der Waals surface area contributed by atoms with Crippen LogP contribution in [0.3, 0.4) is 0 Å². The van der Waals surface area contributed by atoms with Crippen LogP contribution in [0.2, 0.25) is 0 Å². The normalized spacial score (nSPS) is 14.3. The summed E-state index contributed by atoms with van der Waals surface area (Å²) in [6, 6.07) is 1.87. The molecule has 0 atom stereocenters. The van der Waals surface area contributed by atoms with Crippen molar-refractivity contribution in [3.63, 3.8) is 0 Å². The molecule has 100 valence electrons. The van der Waals surface area contributed by atoms with Gasteiger partial charge >= 0.3 is 0 Å². The first-order valence-corrected chi connectivity index (χ1v) is 7.01. The largest absolute Gasteiger partial charge is 0.478 e. The van der Waals surface area contributed by atoms with Crippen LogP contribution in [0.25, 0.3) is 0 Å². The van der Waals surface area contributed by atoms with Crippen molar-refractivity contribution in [3.8, 4) is 5.88 Å². The number of hydrogen-bond acceptors (Lipinski definition) is 7. The van der Waals surface area contributed by atoms with Crippen molar-refractivity contribution in [2.24, 2.45) is 0 Å². The lowest BCUT2D eigenvalue weighted by Gasteiger charge is -2.27. The Morgan fingerprint density at radius 1 is 1.47 bits per heavy atom. The van der Waals surface area contributed by atoms with E-state index >= 15 is 0 Å². The summed E-state index contributed by atoms with van der Waals surface area (Å²) in [4.78, 5) is 16.2. The molecule has 0 aliphatic carbocycles. The summed E-state index contributed by atoms with van der Waals surface area (Å²) in [6.45, 7) is 4.23. The second kappa shape index (κ2) is 5.00. The first kappa shape index (κ1) is 12.2. The quantitative estimate of drug-likeness (QED) is 0.915. The summed E-state index contributed by atoms with van der Waals surface area (Å²) in [5.74, 6) is 1.50. The highest BCUT2D eigenvalue weighted by molar-refractivity contribution is 7.15. The molecule has 0 spiro atoms. The van der Waals surface area contributed by atoms with Gasteiger partial charge in [0.2, 0.25) is 5.88 Å². The van der Waals surface area contributed by atoms with E-state index in [1.807, 2.05) is 13.0 Å². The first-order valence-electron chi connectivity index (χ1n) is 6.20. The standard InChI is InChI=1S/C12H15N5OS/c1-2-18-11-5-10(14-7-15-11)17-4-3-8-9(6-17)19-12(13)16-8/h5,7H,2-4,6H2,1H3,(H2,13,16). The molecular formula is C12H15N5OS. The highest BCUT2D eigenvalue weighted by atomic mass is 32.1. The van der Waals surface area contributed by atoms with E-state index in [1.54, 1.807) is 11.3 Å². The summed E-state index contributed by atoms with van der Waals surface area (Å²) in [6.07, 6.45) is 2.44. The van der Waals surface area contributed by atoms with Crippen LogP contribution < -0.4 is 15.4 Å². The fraction of sp³-hybridized carbons (Fsp3) is 0.417. The number of thiazole rings is 1. The minimum Gasteiger partial charge on any atom is -0.478 e. The molecule has 0 aromatic carbocycles. The maximum atomic E-state index is 5.75. The van der Waals surface area contributed by atoms with Gasteiger partial charge in [-0.3, -0.25) is 0 Å². The Balaban J connectivity index is 1.82. The minimum atomic E-state index is 0.603. The molecular weight excluding hydrogens is 262 g/mol. The summed E-state index contributed by atoms with van der Waals surface area (Å²) in [5, 5.41) is 0.643. The van der Waals surface area contributed by atoms with Crippen LogP contribution in [0.4, 0.5) is 10.9 Å². The molecule has 7 heteroatoms. The van der Waals surface area contributed by atoms with E-state index in [-0.39, 0.29) is 0 Å². The molecule has 3 heterocycles. The molecule has 6 nitrogen and oxygen atoms in total. The van der Waals surface area contributed by atoms with Gasteiger partial charge in [0.1, 0.15) is 12.1 Å². The Kier molecular flexibility index (Phi) is 3.20. The molecule has 2 N–H and O–H groups in total. The summed E-state index contributed by atoms with van der Waals surface area (Å²) in [7, 11) is 0. The van der Waals surface area contributed by atoms with Crippen LogP contribution in [0.15, 0.2) is 12.4 Å². The number of anilines is 2. The number of rotatable bonds is 3. The zero-order valence-corrected chi connectivity index (χ0v) is 11.5. The lowest BCUT2D eigenvalue weighted by molar-refractivity contribution is 0.326. The van der Waals surface area contributed by atoms with Gasteiger partial charge in [0, 0.05) is 23.9 Å². The topological polar surface area (TPSA) is 77.2 Å². The van der Waals surface area contributed by atoms with E-state index in [0.717, 1.165) is 31.0 Å². The van der Waals surface area contributed by atoms with Crippen LogP contribution in [0.1, 0.15) is 17.5 Å².